The standard InChI is InChI=1S/C16H21N3OS/c1-18-6-7-19(10-13(9-18)16(17)20)11-14-8-12-4-2-3-5-15(12)21-14/h2-5,8,13H,6-7,9-11H2,1H3,(H2,17,20). The van der Waals surface area contributed by atoms with Crippen molar-refractivity contribution in [3.05, 3.63) is 35.2 Å². The van der Waals surface area contributed by atoms with Crippen molar-refractivity contribution in [2.75, 3.05) is 33.2 Å². The number of likely N-dealkylation sites (N-methyl/N-ethyl adjacent to an activating group) is 1. The molecule has 0 aliphatic carbocycles. The number of fused-ring (bicyclic) bond motifs is 1. The molecule has 21 heavy (non-hydrogen) atoms. The first kappa shape index (κ1) is 14.5. The second kappa shape index (κ2) is 6.13. The Morgan fingerprint density at radius 2 is 2.14 bits per heavy atom. The Bertz CT molecular complexity index is 606. The molecule has 2 N–H and O–H groups in total. The average molecular weight is 303 g/mol. The van der Waals surface area contributed by atoms with Crippen LogP contribution in [-0.2, 0) is 11.3 Å². The third kappa shape index (κ3) is 3.43. The van der Waals surface area contributed by atoms with E-state index in [1.165, 1.54) is 15.0 Å². The Hall–Kier alpha value is -1.43. The normalized spacial score (nSPS) is 21.5. The molecule has 0 radical (unpaired) electrons. The van der Waals surface area contributed by atoms with Gasteiger partial charge in [0, 0.05) is 42.3 Å². The summed E-state index contributed by atoms with van der Waals surface area (Å²) in [5.74, 6) is -0.267. The fourth-order valence-corrected chi connectivity index (χ4v) is 4.01. The van der Waals surface area contributed by atoms with Gasteiger partial charge in [-0.05, 0) is 24.6 Å². The van der Waals surface area contributed by atoms with Gasteiger partial charge in [-0.2, -0.15) is 0 Å². The van der Waals surface area contributed by atoms with Gasteiger partial charge >= 0.3 is 0 Å². The molecule has 0 saturated carbocycles. The second-order valence-corrected chi connectivity index (χ2v) is 7.02. The van der Waals surface area contributed by atoms with E-state index in [0.717, 1.165) is 32.7 Å². The van der Waals surface area contributed by atoms with Crippen LogP contribution in [0.4, 0.5) is 0 Å². The molecule has 4 nitrogen and oxygen atoms in total. The molecule has 0 spiro atoms. The molecule has 1 aromatic heterocycles. The van der Waals surface area contributed by atoms with Gasteiger partial charge in [-0.1, -0.05) is 18.2 Å². The molecule has 1 atom stereocenters. The summed E-state index contributed by atoms with van der Waals surface area (Å²) < 4.78 is 1.32. The van der Waals surface area contributed by atoms with Crippen LogP contribution in [0.1, 0.15) is 4.88 Å². The summed E-state index contributed by atoms with van der Waals surface area (Å²) in [6, 6.07) is 10.7. The molecule has 112 valence electrons. The number of nitrogens with two attached hydrogens (primary N) is 1. The molecule has 1 amide bonds. The molecule has 5 heteroatoms. The first-order chi connectivity index (χ1) is 10.1. The van der Waals surface area contributed by atoms with Crippen LogP contribution < -0.4 is 5.73 Å². The van der Waals surface area contributed by atoms with E-state index in [2.05, 4.69) is 47.2 Å². The highest BCUT2D eigenvalue weighted by Crippen LogP contribution is 2.26. The topological polar surface area (TPSA) is 49.6 Å². The Morgan fingerprint density at radius 3 is 2.90 bits per heavy atom. The highest BCUT2D eigenvalue weighted by molar-refractivity contribution is 7.19. The van der Waals surface area contributed by atoms with Crippen LogP contribution in [0.5, 0.6) is 0 Å². The predicted molar refractivity (Wildman–Crippen MR) is 87.3 cm³/mol. The van der Waals surface area contributed by atoms with Crippen molar-refractivity contribution in [2.24, 2.45) is 11.7 Å². The van der Waals surface area contributed by atoms with Crippen LogP contribution in [0.15, 0.2) is 30.3 Å². The summed E-state index contributed by atoms with van der Waals surface area (Å²) in [4.78, 5) is 17.5. The summed E-state index contributed by atoms with van der Waals surface area (Å²) in [5.41, 5.74) is 5.53. The highest BCUT2D eigenvalue weighted by atomic mass is 32.1. The van der Waals surface area contributed by atoms with Crippen molar-refractivity contribution >= 4 is 27.3 Å². The average Bonchev–Trinajstić information content (AvgIpc) is 2.76. The fraction of sp³-hybridized carbons (Fsp3) is 0.438. The van der Waals surface area contributed by atoms with Crippen molar-refractivity contribution < 1.29 is 4.79 Å². The van der Waals surface area contributed by atoms with Crippen LogP contribution in [0, 0.1) is 5.92 Å². The Balaban J connectivity index is 1.74. The first-order valence-corrected chi connectivity index (χ1v) is 8.11. The maximum Gasteiger partial charge on any atom is 0.223 e. The lowest BCUT2D eigenvalue weighted by atomic mass is 10.1. The van der Waals surface area contributed by atoms with E-state index in [4.69, 9.17) is 5.73 Å². The summed E-state index contributed by atoms with van der Waals surface area (Å²) >= 11 is 1.84. The lowest BCUT2D eigenvalue weighted by Crippen LogP contribution is -2.37. The zero-order valence-corrected chi connectivity index (χ0v) is 13.1. The number of hydrogen-bond acceptors (Lipinski definition) is 4. The summed E-state index contributed by atoms with van der Waals surface area (Å²) in [7, 11) is 2.05. The molecule has 2 heterocycles. The van der Waals surface area contributed by atoms with Crippen LogP contribution in [0.25, 0.3) is 10.1 Å². The lowest BCUT2D eigenvalue weighted by Gasteiger charge is -2.21. The number of benzene rings is 1. The van der Waals surface area contributed by atoms with Crippen molar-refractivity contribution in [1.29, 1.82) is 0 Å². The summed E-state index contributed by atoms with van der Waals surface area (Å²) in [5, 5.41) is 1.30. The SMILES string of the molecule is CN1CCN(Cc2cc3ccccc3s2)CC(C(N)=O)C1. The van der Waals surface area contributed by atoms with Gasteiger partial charge in [0.25, 0.3) is 0 Å². The Labute approximate surface area is 129 Å². The van der Waals surface area contributed by atoms with Crippen molar-refractivity contribution in [1.82, 2.24) is 9.80 Å². The van der Waals surface area contributed by atoms with E-state index in [9.17, 15) is 4.79 Å². The predicted octanol–water partition coefficient (Wildman–Crippen LogP) is 1.75. The van der Waals surface area contributed by atoms with E-state index in [1.54, 1.807) is 0 Å². The summed E-state index contributed by atoms with van der Waals surface area (Å²) in [6.45, 7) is 4.38. The van der Waals surface area contributed by atoms with E-state index in [0.29, 0.717) is 0 Å². The molecule has 2 aromatic rings. The van der Waals surface area contributed by atoms with E-state index in [-0.39, 0.29) is 11.8 Å². The molecular weight excluding hydrogens is 282 g/mol. The van der Waals surface area contributed by atoms with Gasteiger partial charge in [0.2, 0.25) is 5.91 Å². The summed E-state index contributed by atoms with van der Waals surface area (Å²) in [6.07, 6.45) is 0. The number of amides is 1. The fourth-order valence-electron chi connectivity index (χ4n) is 2.90. The van der Waals surface area contributed by atoms with Gasteiger partial charge in [0.1, 0.15) is 0 Å². The zero-order chi connectivity index (χ0) is 14.8. The smallest absolute Gasteiger partial charge is 0.223 e. The van der Waals surface area contributed by atoms with Gasteiger partial charge in [-0.3, -0.25) is 9.69 Å². The van der Waals surface area contributed by atoms with Gasteiger partial charge in [0.15, 0.2) is 0 Å². The van der Waals surface area contributed by atoms with E-state index >= 15 is 0 Å². The molecule has 1 saturated heterocycles. The minimum Gasteiger partial charge on any atom is -0.369 e. The molecule has 1 fully saturated rings. The highest BCUT2D eigenvalue weighted by Gasteiger charge is 2.25. The van der Waals surface area contributed by atoms with Gasteiger partial charge < -0.3 is 10.6 Å². The number of thiophene rings is 1. The minimum absolute atomic E-state index is 0.0770. The number of carbonyl (C=O) groups excluding carboxylic acids is 1. The van der Waals surface area contributed by atoms with Crippen LogP contribution in [-0.4, -0.2) is 48.9 Å². The first-order valence-electron chi connectivity index (χ1n) is 7.29. The van der Waals surface area contributed by atoms with Crippen LogP contribution in [0.2, 0.25) is 0 Å². The number of hydrogen-bond donors (Lipinski definition) is 1. The maximum absolute atomic E-state index is 11.6. The molecule has 3 rings (SSSR count). The van der Waals surface area contributed by atoms with Crippen molar-refractivity contribution in [3.63, 3.8) is 0 Å². The van der Waals surface area contributed by atoms with Gasteiger partial charge in [0.05, 0.1) is 5.92 Å². The van der Waals surface area contributed by atoms with E-state index in [1.807, 2.05) is 11.3 Å². The van der Waals surface area contributed by atoms with Gasteiger partial charge in [-0.15, -0.1) is 11.3 Å². The lowest BCUT2D eigenvalue weighted by molar-refractivity contribution is -0.122. The maximum atomic E-state index is 11.6. The number of nitrogens with zero attached hydrogens (tertiary/aromatic N) is 2. The van der Waals surface area contributed by atoms with Crippen LogP contribution in [0.3, 0.4) is 0 Å². The quantitative estimate of drug-likeness (QED) is 0.940. The largest absolute Gasteiger partial charge is 0.369 e. The Morgan fingerprint density at radius 1 is 1.33 bits per heavy atom. The molecule has 1 unspecified atom stereocenters. The molecule has 1 aliphatic rings. The number of carbonyl (C=O) groups is 1. The molecule has 1 aromatic carbocycles. The van der Waals surface area contributed by atoms with Crippen molar-refractivity contribution in [2.45, 2.75) is 6.54 Å². The number of rotatable bonds is 3. The monoisotopic (exact) mass is 303 g/mol. The molecule has 0 bridgehead atoms. The zero-order valence-electron chi connectivity index (χ0n) is 12.3. The van der Waals surface area contributed by atoms with Crippen molar-refractivity contribution in [3.8, 4) is 0 Å². The van der Waals surface area contributed by atoms with E-state index < -0.39 is 0 Å². The third-order valence-corrected chi connectivity index (χ3v) is 5.17. The number of primary amides is 1. The Kier molecular flexibility index (Phi) is 4.24. The third-order valence-electron chi connectivity index (χ3n) is 4.07. The molecular formula is C16H21N3OS. The minimum atomic E-state index is -0.190. The van der Waals surface area contributed by atoms with Gasteiger partial charge in [-0.25, -0.2) is 0 Å². The van der Waals surface area contributed by atoms with Crippen LogP contribution >= 0.6 is 11.3 Å². The molecule has 1 aliphatic heterocycles. The second-order valence-electron chi connectivity index (χ2n) is 5.85.